The van der Waals surface area contributed by atoms with Crippen molar-refractivity contribution in [3.8, 4) is 0 Å². The number of benzene rings is 2. The number of piperazine rings is 1. The Hall–Kier alpha value is -3.27. The second-order valence-electron chi connectivity index (χ2n) is 8.00. The molecule has 0 spiro atoms. The summed E-state index contributed by atoms with van der Waals surface area (Å²) in [7, 11) is -1.54. The highest BCUT2D eigenvalue weighted by molar-refractivity contribution is 7.89. The van der Waals surface area contributed by atoms with Crippen LogP contribution in [0.25, 0.3) is 0 Å². The van der Waals surface area contributed by atoms with Crippen molar-refractivity contribution in [2.75, 3.05) is 43.4 Å². The van der Waals surface area contributed by atoms with E-state index in [0.717, 1.165) is 37.4 Å². The number of aromatic nitrogens is 1. The smallest absolute Gasteiger partial charge is 0.255 e. The van der Waals surface area contributed by atoms with Gasteiger partial charge < -0.3 is 15.1 Å². The molecule has 0 unspecified atom stereocenters. The summed E-state index contributed by atoms with van der Waals surface area (Å²) in [5, 5.41) is 2.79. The molecule has 172 valence electrons. The molecule has 1 aliphatic rings. The van der Waals surface area contributed by atoms with Crippen LogP contribution in [-0.4, -0.2) is 57.4 Å². The molecule has 1 amide bonds. The van der Waals surface area contributed by atoms with Crippen LogP contribution in [-0.2, 0) is 16.6 Å². The molecule has 2 aromatic carbocycles. The quantitative estimate of drug-likeness (QED) is 0.557. The summed E-state index contributed by atoms with van der Waals surface area (Å²) < 4.78 is 28.1. The number of hydrogen-bond donors (Lipinski definition) is 2. The third kappa shape index (κ3) is 5.95. The molecular formula is C24H27N5O3S. The first-order chi connectivity index (χ1) is 15.9. The number of nitrogens with zero attached hydrogens (tertiary/aromatic N) is 3. The number of carbonyl (C=O) groups is 1. The van der Waals surface area contributed by atoms with Gasteiger partial charge in [-0.1, -0.05) is 12.1 Å². The molecule has 1 aromatic heterocycles. The fraction of sp³-hybridized carbons (Fsp3) is 0.250. The van der Waals surface area contributed by atoms with Crippen molar-refractivity contribution < 1.29 is 13.2 Å². The monoisotopic (exact) mass is 465 g/mol. The summed E-state index contributed by atoms with van der Waals surface area (Å²) in [6.07, 6.45) is 3.20. The van der Waals surface area contributed by atoms with Crippen LogP contribution in [0.4, 0.5) is 11.4 Å². The Bertz CT molecular complexity index is 1180. The number of sulfonamides is 1. The first-order valence-corrected chi connectivity index (χ1v) is 12.2. The second-order valence-corrected chi connectivity index (χ2v) is 9.76. The number of anilines is 2. The SMILES string of the molecule is CN1CCN(c2ccc(S(=O)(=O)NCc3ccc(C(=O)Nc4ccncc4)cc3)cc2)CC1. The van der Waals surface area contributed by atoms with Gasteiger partial charge in [-0.05, 0) is 61.1 Å². The molecule has 2 N–H and O–H groups in total. The van der Waals surface area contributed by atoms with E-state index in [-0.39, 0.29) is 17.3 Å². The van der Waals surface area contributed by atoms with Crippen LogP contribution in [0.3, 0.4) is 0 Å². The third-order valence-corrected chi connectivity index (χ3v) is 7.05. The lowest BCUT2D eigenvalue weighted by atomic mass is 10.1. The third-order valence-electron chi connectivity index (χ3n) is 5.64. The molecule has 0 aliphatic carbocycles. The van der Waals surface area contributed by atoms with E-state index in [9.17, 15) is 13.2 Å². The number of nitrogens with one attached hydrogen (secondary N) is 2. The molecule has 33 heavy (non-hydrogen) atoms. The lowest BCUT2D eigenvalue weighted by Gasteiger charge is -2.34. The van der Waals surface area contributed by atoms with E-state index in [4.69, 9.17) is 0 Å². The van der Waals surface area contributed by atoms with Crippen molar-refractivity contribution in [1.82, 2.24) is 14.6 Å². The highest BCUT2D eigenvalue weighted by Gasteiger charge is 2.17. The normalized spacial score (nSPS) is 14.8. The van der Waals surface area contributed by atoms with E-state index < -0.39 is 10.0 Å². The summed E-state index contributed by atoms with van der Waals surface area (Å²) in [5.74, 6) is -0.242. The molecule has 0 bridgehead atoms. The maximum atomic E-state index is 12.7. The summed E-state index contributed by atoms with van der Waals surface area (Å²) in [6.45, 7) is 3.97. The number of carbonyl (C=O) groups excluding carboxylic acids is 1. The predicted molar refractivity (Wildman–Crippen MR) is 129 cm³/mol. The van der Waals surface area contributed by atoms with Crippen LogP contribution in [0, 0.1) is 0 Å². The highest BCUT2D eigenvalue weighted by atomic mass is 32.2. The average molecular weight is 466 g/mol. The molecule has 1 fully saturated rings. The van der Waals surface area contributed by atoms with Gasteiger partial charge in [0.1, 0.15) is 0 Å². The maximum Gasteiger partial charge on any atom is 0.255 e. The molecule has 1 aliphatic heterocycles. The Kier molecular flexibility index (Phi) is 7.02. The summed E-state index contributed by atoms with van der Waals surface area (Å²) in [5.41, 5.74) is 2.93. The Balaban J connectivity index is 1.33. The molecule has 8 nitrogen and oxygen atoms in total. The summed E-state index contributed by atoms with van der Waals surface area (Å²) >= 11 is 0. The van der Waals surface area contributed by atoms with Crippen molar-refractivity contribution in [3.05, 3.63) is 84.2 Å². The minimum atomic E-state index is -3.64. The van der Waals surface area contributed by atoms with Gasteiger partial charge >= 0.3 is 0 Å². The van der Waals surface area contributed by atoms with Crippen LogP contribution in [0.2, 0.25) is 0 Å². The van der Waals surface area contributed by atoms with Crippen LogP contribution in [0.5, 0.6) is 0 Å². The Morgan fingerprint density at radius 1 is 0.909 bits per heavy atom. The van der Waals surface area contributed by atoms with Crippen molar-refractivity contribution in [3.63, 3.8) is 0 Å². The first-order valence-electron chi connectivity index (χ1n) is 10.7. The van der Waals surface area contributed by atoms with Gasteiger partial charge in [0.2, 0.25) is 10.0 Å². The van der Waals surface area contributed by atoms with E-state index in [1.807, 2.05) is 12.1 Å². The van der Waals surface area contributed by atoms with E-state index in [0.29, 0.717) is 11.3 Å². The Morgan fingerprint density at radius 2 is 1.55 bits per heavy atom. The molecular weight excluding hydrogens is 438 g/mol. The molecule has 0 atom stereocenters. The molecule has 2 heterocycles. The first kappa shape index (κ1) is 22.9. The van der Waals surface area contributed by atoms with E-state index >= 15 is 0 Å². The van der Waals surface area contributed by atoms with E-state index in [2.05, 4.69) is 31.9 Å². The van der Waals surface area contributed by atoms with E-state index in [1.54, 1.807) is 60.9 Å². The van der Waals surface area contributed by atoms with Crippen molar-refractivity contribution in [2.45, 2.75) is 11.4 Å². The van der Waals surface area contributed by atoms with Crippen LogP contribution >= 0.6 is 0 Å². The van der Waals surface area contributed by atoms with Gasteiger partial charge in [0.25, 0.3) is 5.91 Å². The van der Waals surface area contributed by atoms with Gasteiger partial charge in [0, 0.05) is 62.1 Å². The minimum absolute atomic E-state index is 0.134. The second kappa shape index (κ2) is 10.1. The Labute approximate surface area is 194 Å². The molecule has 0 saturated carbocycles. The minimum Gasteiger partial charge on any atom is -0.369 e. The maximum absolute atomic E-state index is 12.7. The summed E-state index contributed by atoms with van der Waals surface area (Å²) in [4.78, 5) is 21.0. The largest absolute Gasteiger partial charge is 0.369 e. The van der Waals surface area contributed by atoms with Gasteiger partial charge in [-0.2, -0.15) is 0 Å². The average Bonchev–Trinajstić information content (AvgIpc) is 2.84. The van der Waals surface area contributed by atoms with Crippen LogP contribution in [0.1, 0.15) is 15.9 Å². The zero-order valence-corrected chi connectivity index (χ0v) is 19.3. The zero-order chi connectivity index (χ0) is 23.3. The van der Waals surface area contributed by atoms with Gasteiger partial charge in [-0.3, -0.25) is 9.78 Å². The van der Waals surface area contributed by atoms with Gasteiger partial charge in [-0.25, -0.2) is 13.1 Å². The van der Waals surface area contributed by atoms with E-state index in [1.165, 1.54) is 0 Å². The van der Waals surface area contributed by atoms with Gasteiger partial charge in [-0.15, -0.1) is 0 Å². The van der Waals surface area contributed by atoms with Gasteiger partial charge in [0.15, 0.2) is 0 Å². The highest BCUT2D eigenvalue weighted by Crippen LogP contribution is 2.19. The van der Waals surface area contributed by atoms with Crippen LogP contribution in [0.15, 0.2) is 78.0 Å². The van der Waals surface area contributed by atoms with Gasteiger partial charge in [0.05, 0.1) is 4.90 Å². The predicted octanol–water partition coefficient (Wildman–Crippen LogP) is 2.56. The number of pyridine rings is 1. The zero-order valence-electron chi connectivity index (χ0n) is 18.4. The standard InChI is InChI=1S/C24H27N5O3S/c1-28-14-16-29(17-15-28)22-6-8-23(9-7-22)33(31,32)26-18-19-2-4-20(5-3-19)24(30)27-21-10-12-25-13-11-21/h2-13,26H,14-18H2,1H3,(H,25,27,30). The molecule has 4 rings (SSSR count). The van der Waals surface area contributed by atoms with Crippen molar-refractivity contribution in [1.29, 1.82) is 0 Å². The van der Waals surface area contributed by atoms with Crippen molar-refractivity contribution in [2.24, 2.45) is 0 Å². The number of hydrogen-bond acceptors (Lipinski definition) is 6. The number of rotatable bonds is 7. The summed E-state index contributed by atoms with van der Waals surface area (Å²) in [6, 6.07) is 17.2. The fourth-order valence-corrected chi connectivity index (χ4v) is 4.59. The van der Waals surface area contributed by atoms with Crippen molar-refractivity contribution >= 4 is 27.3 Å². The molecule has 1 saturated heterocycles. The number of amides is 1. The lowest BCUT2D eigenvalue weighted by Crippen LogP contribution is -2.44. The molecule has 3 aromatic rings. The Morgan fingerprint density at radius 3 is 2.18 bits per heavy atom. The molecule has 0 radical (unpaired) electrons. The lowest BCUT2D eigenvalue weighted by molar-refractivity contribution is 0.102. The fourth-order valence-electron chi connectivity index (χ4n) is 3.57. The molecule has 9 heteroatoms. The van der Waals surface area contributed by atoms with Crippen LogP contribution < -0.4 is 14.9 Å². The topological polar surface area (TPSA) is 94.6 Å². The number of likely N-dealkylation sites (N-methyl/N-ethyl adjacent to an activating group) is 1.